The molecule has 0 bridgehead atoms. The molecular formula is C21H16FNO3. The van der Waals surface area contributed by atoms with E-state index in [1.807, 2.05) is 0 Å². The predicted octanol–water partition coefficient (Wildman–Crippen LogP) is 4.21. The van der Waals surface area contributed by atoms with Crippen LogP contribution in [0.5, 0.6) is 11.5 Å². The van der Waals surface area contributed by atoms with E-state index >= 15 is 4.39 Å². The lowest BCUT2D eigenvalue weighted by Gasteiger charge is -2.14. The maximum Gasteiger partial charge on any atom is 0.254 e. The lowest BCUT2D eigenvalue weighted by Crippen LogP contribution is -2.20. The Morgan fingerprint density at radius 2 is 1.42 bits per heavy atom. The van der Waals surface area contributed by atoms with Gasteiger partial charge in [0.1, 0.15) is 5.75 Å². The Balaban J connectivity index is 2.10. The fourth-order valence-electron chi connectivity index (χ4n) is 2.50. The second kappa shape index (κ2) is 7.61. The monoisotopic (exact) mass is 349 g/mol. The summed E-state index contributed by atoms with van der Waals surface area (Å²) in [6, 6.07) is 19.6. The van der Waals surface area contributed by atoms with Gasteiger partial charge in [-0.3, -0.25) is 9.59 Å². The molecule has 1 amide bonds. The second-order valence-electron chi connectivity index (χ2n) is 5.49. The summed E-state index contributed by atoms with van der Waals surface area (Å²) in [5, 5.41) is 2.44. The van der Waals surface area contributed by atoms with E-state index in [9.17, 15) is 9.59 Å². The van der Waals surface area contributed by atoms with Crippen molar-refractivity contribution in [2.45, 2.75) is 0 Å². The summed E-state index contributed by atoms with van der Waals surface area (Å²) in [5.41, 5.74) is 0.206. The zero-order chi connectivity index (χ0) is 18.5. The van der Waals surface area contributed by atoms with Crippen molar-refractivity contribution >= 4 is 11.7 Å². The average molecular weight is 349 g/mol. The summed E-state index contributed by atoms with van der Waals surface area (Å²) in [6.45, 7) is 0. The number of nitrogens with one attached hydrogen (secondary N) is 1. The molecule has 0 unspecified atom stereocenters. The molecule has 0 aliphatic heterocycles. The van der Waals surface area contributed by atoms with Gasteiger partial charge in [0.2, 0.25) is 0 Å². The van der Waals surface area contributed by atoms with Crippen LogP contribution >= 0.6 is 0 Å². The minimum Gasteiger partial charge on any atom is -0.453 e. The molecule has 0 atom stereocenters. The van der Waals surface area contributed by atoms with Gasteiger partial charge in [-0.25, -0.2) is 4.39 Å². The molecule has 1 N–H and O–H groups in total. The summed E-state index contributed by atoms with van der Waals surface area (Å²) >= 11 is 0. The van der Waals surface area contributed by atoms with Gasteiger partial charge in [-0.2, -0.15) is 0 Å². The Kier molecular flexibility index (Phi) is 5.08. The standard InChI is InChI=1S/C21H16FNO3/c1-23-21(25)17-13-12-16(19(24)14-8-4-2-5-9-14)18(22)20(17)26-15-10-6-3-7-11-15/h2-13H,1H3,(H,23,25). The molecule has 0 saturated carbocycles. The molecule has 3 aromatic rings. The van der Waals surface area contributed by atoms with Crippen molar-refractivity contribution in [3.63, 3.8) is 0 Å². The van der Waals surface area contributed by atoms with Crippen LogP contribution in [0.2, 0.25) is 0 Å². The first-order valence-corrected chi connectivity index (χ1v) is 7.99. The van der Waals surface area contributed by atoms with Crippen molar-refractivity contribution in [1.82, 2.24) is 5.32 Å². The van der Waals surface area contributed by atoms with Crippen LogP contribution in [-0.4, -0.2) is 18.7 Å². The molecule has 0 aliphatic rings. The maximum absolute atomic E-state index is 15.1. The first-order valence-electron chi connectivity index (χ1n) is 7.99. The number of ether oxygens (including phenoxy) is 1. The van der Waals surface area contributed by atoms with Crippen LogP contribution in [-0.2, 0) is 0 Å². The van der Waals surface area contributed by atoms with Gasteiger partial charge in [-0.1, -0.05) is 48.5 Å². The Bertz CT molecular complexity index is 940. The van der Waals surface area contributed by atoms with Crippen LogP contribution in [0.15, 0.2) is 72.8 Å². The third-order valence-corrected chi connectivity index (χ3v) is 3.81. The Morgan fingerprint density at radius 3 is 2.04 bits per heavy atom. The van der Waals surface area contributed by atoms with E-state index in [1.54, 1.807) is 60.7 Å². The van der Waals surface area contributed by atoms with Crippen LogP contribution in [0, 0.1) is 5.82 Å². The summed E-state index contributed by atoms with van der Waals surface area (Å²) in [7, 11) is 1.44. The molecule has 26 heavy (non-hydrogen) atoms. The summed E-state index contributed by atoms with van der Waals surface area (Å²) < 4.78 is 20.7. The largest absolute Gasteiger partial charge is 0.453 e. The first kappa shape index (κ1) is 17.4. The van der Waals surface area contributed by atoms with Crippen molar-refractivity contribution in [1.29, 1.82) is 0 Å². The van der Waals surface area contributed by atoms with Gasteiger partial charge in [-0.05, 0) is 24.3 Å². The topological polar surface area (TPSA) is 55.4 Å². The normalized spacial score (nSPS) is 10.2. The quantitative estimate of drug-likeness (QED) is 0.702. The van der Waals surface area contributed by atoms with Crippen LogP contribution in [0.4, 0.5) is 4.39 Å². The fourth-order valence-corrected chi connectivity index (χ4v) is 2.50. The average Bonchev–Trinajstić information content (AvgIpc) is 2.70. The van der Waals surface area contributed by atoms with Crippen LogP contribution < -0.4 is 10.1 Å². The van der Waals surface area contributed by atoms with Crippen LogP contribution in [0.3, 0.4) is 0 Å². The number of ketones is 1. The third kappa shape index (κ3) is 3.47. The highest BCUT2D eigenvalue weighted by atomic mass is 19.1. The summed E-state index contributed by atoms with van der Waals surface area (Å²) in [4.78, 5) is 24.7. The molecule has 0 heterocycles. The number of benzene rings is 3. The molecule has 5 heteroatoms. The van der Waals surface area contributed by atoms with Crippen LogP contribution in [0.25, 0.3) is 0 Å². The number of halogens is 1. The molecule has 4 nitrogen and oxygen atoms in total. The van der Waals surface area contributed by atoms with Gasteiger partial charge < -0.3 is 10.1 Å². The van der Waals surface area contributed by atoms with Crippen molar-refractivity contribution in [3.8, 4) is 11.5 Å². The first-order chi connectivity index (χ1) is 12.6. The van der Waals surface area contributed by atoms with Crippen LogP contribution in [0.1, 0.15) is 26.3 Å². The molecule has 0 radical (unpaired) electrons. The van der Waals surface area contributed by atoms with Gasteiger partial charge in [-0.15, -0.1) is 0 Å². The maximum atomic E-state index is 15.1. The molecule has 3 aromatic carbocycles. The number of carbonyl (C=O) groups excluding carboxylic acids is 2. The van der Waals surface area contributed by atoms with Crippen molar-refractivity contribution in [2.75, 3.05) is 7.05 Å². The molecule has 0 fully saturated rings. The number of rotatable bonds is 5. The molecule has 0 saturated heterocycles. The van der Waals surface area contributed by atoms with Crippen molar-refractivity contribution in [3.05, 3.63) is 95.3 Å². The van der Waals surface area contributed by atoms with Gasteiger partial charge in [0.05, 0.1) is 11.1 Å². The second-order valence-corrected chi connectivity index (χ2v) is 5.49. The van der Waals surface area contributed by atoms with Crippen molar-refractivity contribution < 1.29 is 18.7 Å². The minimum absolute atomic E-state index is 0.0125. The molecule has 130 valence electrons. The fraction of sp³-hybridized carbons (Fsp3) is 0.0476. The molecule has 3 rings (SSSR count). The molecule has 0 aromatic heterocycles. The van der Waals surface area contributed by atoms with Crippen molar-refractivity contribution in [2.24, 2.45) is 0 Å². The SMILES string of the molecule is CNC(=O)c1ccc(C(=O)c2ccccc2)c(F)c1Oc1ccccc1. The number of hydrogen-bond donors (Lipinski definition) is 1. The van der Waals surface area contributed by atoms with E-state index in [4.69, 9.17) is 4.74 Å². The number of amides is 1. The predicted molar refractivity (Wildman–Crippen MR) is 96.2 cm³/mol. The Morgan fingerprint density at radius 1 is 0.846 bits per heavy atom. The van der Waals surface area contributed by atoms with E-state index in [-0.39, 0.29) is 16.9 Å². The van der Waals surface area contributed by atoms with E-state index in [0.717, 1.165) is 0 Å². The lowest BCUT2D eigenvalue weighted by molar-refractivity contribution is 0.0957. The van der Waals surface area contributed by atoms with Gasteiger partial charge >= 0.3 is 0 Å². The summed E-state index contributed by atoms with van der Waals surface area (Å²) in [6.07, 6.45) is 0. The Labute approximate surface area is 150 Å². The van der Waals surface area contributed by atoms with E-state index < -0.39 is 17.5 Å². The lowest BCUT2D eigenvalue weighted by atomic mass is 10.00. The Hall–Kier alpha value is -3.47. The molecule has 0 spiro atoms. The number of carbonyl (C=O) groups is 2. The zero-order valence-electron chi connectivity index (χ0n) is 14.0. The molecule has 0 aliphatic carbocycles. The minimum atomic E-state index is -0.871. The zero-order valence-corrected chi connectivity index (χ0v) is 14.0. The highest BCUT2D eigenvalue weighted by Crippen LogP contribution is 2.31. The van der Waals surface area contributed by atoms with Gasteiger partial charge in [0, 0.05) is 12.6 Å². The summed E-state index contributed by atoms with van der Waals surface area (Å²) in [5.74, 6) is -1.78. The van der Waals surface area contributed by atoms with E-state index in [2.05, 4.69) is 5.32 Å². The van der Waals surface area contributed by atoms with E-state index in [1.165, 1.54) is 19.2 Å². The highest BCUT2D eigenvalue weighted by Gasteiger charge is 2.24. The number of para-hydroxylation sites is 1. The van der Waals surface area contributed by atoms with Gasteiger partial charge in [0.25, 0.3) is 5.91 Å². The third-order valence-electron chi connectivity index (χ3n) is 3.81. The highest BCUT2D eigenvalue weighted by molar-refractivity contribution is 6.10. The molecular weight excluding hydrogens is 333 g/mol. The van der Waals surface area contributed by atoms with Gasteiger partial charge in [0.15, 0.2) is 17.3 Å². The van der Waals surface area contributed by atoms with E-state index in [0.29, 0.717) is 11.3 Å². The smallest absolute Gasteiger partial charge is 0.254 e. The number of hydrogen-bond acceptors (Lipinski definition) is 3.